The third kappa shape index (κ3) is 3.81. The third-order valence-electron chi connectivity index (χ3n) is 3.77. The van der Waals surface area contributed by atoms with Crippen LogP contribution in [0, 0.1) is 0 Å². The number of ether oxygens (including phenoxy) is 1. The molecule has 1 aliphatic heterocycles. The number of thioether (sulfide) groups is 1. The molecule has 132 valence electrons. The monoisotopic (exact) mass is 387 g/mol. The Kier molecular flexibility index (Phi) is 5.44. The second kappa shape index (κ2) is 7.76. The van der Waals surface area contributed by atoms with Gasteiger partial charge in [-0.25, -0.2) is 0 Å². The van der Waals surface area contributed by atoms with E-state index in [1.807, 2.05) is 12.1 Å². The lowest BCUT2D eigenvalue weighted by Crippen LogP contribution is -2.33. The molecule has 1 heterocycles. The molecule has 5 nitrogen and oxygen atoms in total. The van der Waals surface area contributed by atoms with E-state index < -0.39 is 11.1 Å². The van der Waals surface area contributed by atoms with Crippen molar-refractivity contribution in [3.05, 3.63) is 69.6 Å². The Morgan fingerprint density at radius 2 is 1.85 bits per heavy atom. The minimum atomic E-state index is -0.492. The number of hydrogen-bond donors (Lipinski definition) is 0. The number of halogens is 1. The number of Topliss-reactive ketones (excluding diaryl/α,β-unsaturated/α-hetero) is 1. The highest BCUT2D eigenvalue weighted by atomic mass is 35.5. The molecule has 0 unspecified atom stereocenters. The standard InChI is InChI=1S/C19H14ClNO4S/c1-25-16-5-3-2-4-13(16)10-17-18(23)21(19(24)26-17)11-15(22)12-6-8-14(20)9-7-12/h2-10H,11H2,1H3/b17-10-. The van der Waals surface area contributed by atoms with Gasteiger partial charge in [0.15, 0.2) is 5.78 Å². The first kappa shape index (κ1) is 18.2. The SMILES string of the molecule is COc1ccccc1/C=C1\SC(=O)N(CC(=O)c2ccc(Cl)cc2)C1=O. The molecule has 2 aromatic rings. The largest absolute Gasteiger partial charge is 0.496 e. The van der Waals surface area contributed by atoms with Gasteiger partial charge in [0, 0.05) is 16.1 Å². The quantitative estimate of drug-likeness (QED) is 0.566. The molecule has 1 fully saturated rings. The molecule has 7 heteroatoms. The van der Waals surface area contributed by atoms with E-state index >= 15 is 0 Å². The topological polar surface area (TPSA) is 63.7 Å². The Balaban J connectivity index is 1.79. The average molecular weight is 388 g/mol. The molecule has 0 aromatic heterocycles. The summed E-state index contributed by atoms with van der Waals surface area (Å²) in [5.41, 5.74) is 1.08. The van der Waals surface area contributed by atoms with Crippen LogP contribution < -0.4 is 4.74 Å². The van der Waals surface area contributed by atoms with E-state index in [1.54, 1.807) is 42.5 Å². The van der Waals surface area contributed by atoms with Gasteiger partial charge in [-0.15, -0.1) is 0 Å². The molecule has 3 rings (SSSR count). The highest BCUT2D eigenvalue weighted by Gasteiger charge is 2.36. The van der Waals surface area contributed by atoms with Crippen LogP contribution in [0.3, 0.4) is 0 Å². The first-order valence-electron chi connectivity index (χ1n) is 7.67. The van der Waals surface area contributed by atoms with Crippen molar-refractivity contribution < 1.29 is 19.1 Å². The number of para-hydroxylation sites is 1. The summed E-state index contributed by atoms with van der Waals surface area (Å²) in [4.78, 5) is 38.3. The smallest absolute Gasteiger partial charge is 0.293 e. The maximum atomic E-state index is 12.5. The van der Waals surface area contributed by atoms with Gasteiger partial charge in [0.25, 0.3) is 11.1 Å². The summed E-state index contributed by atoms with van der Waals surface area (Å²) in [5, 5.41) is 0.0333. The molecule has 0 radical (unpaired) electrons. The van der Waals surface area contributed by atoms with Crippen molar-refractivity contribution >= 4 is 46.4 Å². The molecule has 2 amide bonds. The van der Waals surface area contributed by atoms with Crippen LogP contribution in [-0.4, -0.2) is 35.5 Å². The van der Waals surface area contributed by atoms with E-state index in [1.165, 1.54) is 7.11 Å². The van der Waals surface area contributed by atoms with Crippen LogP contribution in [0.5, 0.6) is 5.75 Å². The van der Waals surface area contributed by atoms with E-state index in [-0.39, 0.29) is 17.2 Å². The fraction of sp³-hybridized carbons (Fsp3) is 0.105. The molecule has 1 aliphatic rings. The maximum Gasteiger partial charge on any atom is 0.293 e. The van der Waals surface area contributed by atoms with Gasteiger partial charge in [0.05, 0.1) is 18.6 Å². The molecular formula is C19H14ClNO4S. The van der Waals surface area contributed by atoms with Gasteiger partial charge < -0.3 is 4.74 Å². The van der Waals surface area contributed by atoms with Crippen molar-refractivity contribution in [2.45, 2.75) is 0 Å². The molecule has 1 saturated heterocycles. The lowest BCUT2D eigenvalue weighted by Gasteiger charge is -2.11. The van der Waals surface area contributed by atoms with Crippen LogP contribution in [0.15, 0.2) is 53.4 Å². The van der Waals surface area contributed by atoms with Crippen LogP contribution in [0.2, 0.25) is 5.02 Å². The number of carbonyl (C=O) groups is 3. The van der Waals surface area contributed by atoms with E-state index in [4.69, 9.17) is 16.3 Å². The first-order valence-corrected chi connectivity index (χ1v) is 8.86. The number of rotatable bonds is 5. The zero-order chi connectivity index (χ0) is 18.7. The van der Waals surface area contributed by atoms with Gasteiger partial charge in [0.2, 0.25) is 0 Å². The molecule has 0 saturated carbocycles. The second-order valence-electron chi connectivity index (χ2n) is 5.44. The number of imide groups is 1. The fourth-order valence-electron chi connectivity index (χ4n) is 2.43. The highest BCUT2D eigenvalue weighted by molar-refractivity contribution is 8.18. The summed E-state index contributed by atoms with van der Waals surface area (Å²) >= 11 is 6.61. The number of amides is 2. The molecule has 0 aliphatic carbocycles. The van der Waals surface area contributed by atoms with Gasteiger partial charge >= 0.3 is 0 Å². The van der Waals surface area contributed by atoms with Crippen molar-refractivity contribution in [2.24, 2.45) is 0 Å². The molecule has 0 bridgehead atoms. The fourth-order valence-corrected chi connectivity index (χ4v) is 3.39. The number of ketones is 1. The first-order chi connectivity index (χ1) is 12.5. The zero-order valence-electron chi connectivity index (χ0n) is 13.8. The Labute approximate surface area is 159 Å². The van der Waals surface area contributed by atoms with Gasteiger partial charge in [-0.1, -0.05) is 29.8 Å². The summed E-state index contributed by atoms with van der Waals surface area (Å²) in [6.07, 6.45) is 1.59. The Hall–Kier alpha value is -2.57. The molecule has 0 atom stereocenters. The van der Waals surface area contributed by atoms with E-state index in [2.05, 4.69) is 0 Å². The van der Waals surface area contributed by atoms with Crippen LogP contribution in [0.25, 0.3) is 6.08 Å². The lowest BCUT2D eigenvalue weighted by molar-refractivity contribution is -0.122. The Bertz CT molecular complexity index is 908. The van der Waals surface area contributed by atoms with Crippen molar-refractivity contribution in [2.75, 3.05) is 13.7 Å². The number of nitrogens with zero attached hydrogens (tertiary/aromatic N) is 1. The summed E-state index contributed by atoms with van der Waals surface area (Å²) in [6.45, 7) is -0.310. The maximum absolute atomic E-state index is 12.5. The summed E-state index contributed by atoms with van der Waals surface area (Å²) in [7, 11) is 1.53. The number of benzene rings is 2. The predicted octanol–water partition coefficient (Wildman–Crippen LogP) is 4.27. The van der Waals surface area contributed by atoms with Crippen molar-refractivity contribution in [1.82, 2.24) is 4.90 Å². The van der Waals surface area contributed by atoms with E-state index in [9.17, 15) is 14.4 Å². The number of carbonyl (C=O) groups excluding carboxylic acids is 3. The van der Waals surface area contributed by atoms with Crippen molar-refractivity contribution in [3.63, 3.8) is 0 Å². The van der Waals surface area contributed by atoms with Crippen LogP contribution >= 0.6 is 23.4 Å². The molecule has 0 spiro atoms. The minimum absolute atomic E-state index is 0.253. The molecule has 0 N–H and O–H groups in total. The third-order valence-corrected chi connectivity index (χ3v) is 4.93. The van der Waals surface area contributed by atoms with Crippen molar-refractivity contribution in [3.8, 4) is 5.75 Å². The van der Waals surface area contributed by atoms with Crippen LogP contribution in [0.1, 0.15) is 15.9 Å². The van der Waals surface area contributed by atoms with Crippen molar-refractivity contribution in [1.29, 1.82) is 0 Å². The van der Waals surface area contributed by atoms with Crippen LogP contribution in [0.4, 0.5) is 4.79 Å². The molecule has 26 heavy (non-hydrogen) atoms. The van der Waals surface area contributed by atoms with Gasteiger partial charge in [-0.05, 0) is 48.2 Å². The highest BCUT2D eigenvalue weighted by Crippen LogP contribution is 2.34. The van der Waals surface area contributed by atoms with E-state index in [0.717, 1.165) is 16.7 Å². The predicted molar refractivity (Wildman–Crippen MR) is 101 cm³/mol. The van der Waals surface area contributed by atoms with Gasteiger partial charge in [-0.3, -0.25) is 19.3 Å². The summed E-state index contributed by atoms with van der Waals surface area (Å²) in [6, 6.07) is 13.5. The zero-order valence-corrected chi connectivity index (χ0v) is 15.3. The number of methoxy groups -OCH3 is 1. The Morgan fingerprint density at radius 1 is 1.15 bits per heavy atom. The minimum Gasteiger partial charge on any atom is -0.496 e. The van der Waals surface area contributed by atoms with E-state index in [0.29, 0.717) is 21.9 Å². The lowest BCUT2D eigenvalue weighted by atomic mass is 10.1. The van der Waals surface area contributed by atoms with Gasteiger partial charge in [-0.2, -0.15) is 0 Å². The second-order valence-corrected chi connectivity index (χ2v) is 6.87. The average Bonchev–Trinajstić information content (AvgIpc) is 2.90. The van der Waals surface area contributed by atoms with Crippen LogP contribution in [-0.2, 0) is 4.79 Å². The summed E-state index contributed by atoms with van der Waals surface area (Å²) in [5.74, 6) is -0.229. The van der Waals surface area contributed by atoms with Gasteiger partial charge in [0.1, 0.15) is 5.75 Å². The number of hydrogen-bond acceptors (Lipinski definition) is 5. The summed E-state index contributed by atoms with van der Waals surface area (Å²) < 4.78 is 5.25. The molecule has 2 aromatic carbocycles. The Morgan fingerprint density at radius 3 is 2.54 bits per heavy atom. The molecular weight excluding hydrogens is 374 g/mol. The normalized spacial score (nSPS) is 15.6.